The standard InChI is InChI=1S/C23H35BO4.C22H26ClNO2.C5H3ClIN/c1-21(2,3)26-20(25)15-17-11-9-8-10-16-14-18(12-13-19(16)17)24-27-22(4,5)23(6,7)28-24;1-22(2,3)26-21(25)14-18-7-5-4-6-17-12-15(8-9-19(17)18)16-10-11-24-20(23)13-16;6-5-3-4(7)1-2-8-5/h12-14,17H,8-11,15H2,1-7H3;8-13,18H,4-7,14H2,1-3H3;1-3H/t17-;18-;/m00./s1. The van der Waals surface area contributed by atoms with Crippen molar-refractivity contribution in [2.45, 2.75) is 168 Å². The highest BCUT2D eigenvalue weighted by Gasteiger charge is 2.51. The zero-order valence-corrected chi connectivity index (χ0v) is 41.9. The average molecular weight is 998 g/mol. The highest BCUT2D eigenvalue weighted by atomic mass is 127. The number of pyridine rings is 2. The summed E-state index contributed by atoms with van der Waals surface area (Å²) in [5, 5.41) is 1.05. The van der Waals surface area contributed by atoms with E-state index in [4.69, 9.17) is 42.0 Å². The summed E-state index contributed by atoms with van der Waals surface area (Å²) in [5.41, 5.74) is 6.94. The molecule has 2 atom stereocenters. The second kappa shape index (κ2) is 21.3. The number of aromatic nitrogens is 2. The van der Waals surface area contributed by atoms with Crippen LogP contribution in [0.2, 0.25) is 10.3 Å². The van der Waals surface area contributed by atoms with Gasteiger partial charge in [-0.1, -0.05) is 72.4 Å². The summed E-state index contributed by atoms with van der Waals surface area (Å²) >= 11 is 13.7. The van der Waals surface area contributed by atoms with Gasteiger partial charge in [-0.2, -0.15) is 0 Å². The van der Waals surface area contributed by atoms with Crippen LogP contribution in [0.5, 0.6) is 0 Å². The van der Waals surface area contributed by atoms with Gasteiger partial charge < -0.3 is 18.8 Å². The fourth-order valence-electron chi connectivity index (χ4n) is 8.04. The van der Waals surface area contributed by atoms with Crippen LogP contribution in [-0.2, 0) is 41.2 Å². The Morgan fingerprint density at radius 3 is 1.61 bits per heavy atom. The number of benzene rings is 2. The monoisotopic (exact) mass is 996 g/mol. The molecule has 0 radical (unpaired) electrons. The minimum Gasteiger partial charge on any atom is -0.460 e. The number of aryl methyl sites for hydroxylation is 2. The largest absolute Gasteiger partial charge is 0.494 e. The summed E-state index contributed by atoms with van der Waals surface area (Å²) in [6.45, 7) is 19.8. The topological polar surface area (TPSA) is 96.8 Å². The molecule has 0 amide bonds. The third-order valence-electron chi connectivity index (χ3n) is 11.6. The molecule has 0 saturated carbocycles. The van der Waals surface area contributed by atoms with Gasteiger partial charge in [0.05, 0.1) is 24.0 Å². The summed E-state index contributed by atoms with van der Waals surface area (Å²) < 4.78 is 24.7. The quantitative estimate of drug-likeness (QED) is 0.0620. The normalized spacial score (nSPS) is 19.2. The van der Waals surface area contributed by atoms with E-state index in [1.807, 2.05) is 65.8 Å². The van der Waals surface area contributed by atoms with Gasteiger partial charge in [-0.15, -0.1) is 0 Å². The molecule has 12 heteroatoms. The highest BCUT2D eigenvalue weighted by Crippen LogP contribution is 2.39. The average Bonchev–Trinajstić information content (AvgIpc) is 3.33. The van der Waals surface area contributed by atoms with E-state index < -0.39 is 11.2 Å². The molecule has 0 N–H and O–H groups in total. The van der Waals surface area contributed by atoms with E-state index >= 15 is 0 Å². The summed E-state index contributed by atoms with van der Waals surface area (Å²) in [4.78, 5) is 32.6. The SMILES string of the molecule is CC(C)(C)OC(=O)C[C@@H]1CCCCc2cc(-c3ccnc(Cl)c3)ccc21.CC(C)(C)OC(=O)C[C@@H]1CCCCc2cc(B3OC(C)(C)C(C)(C)O3)ccc21.Clc1cc(I)ccn1. The van der Waals surface area contributed by atoms with Crippen LogP contribution < -0.4 is 5.46 Å². The molecule has 2 aromatic carbocycles. The summed E-state index contributed by atoms with van der Waals surface area (Å²) in [6.07, 6.45) is 13.0. The highest BCUT2D eigenvalue weighted by molar-refractivity contribution is 14.1. The lowest BCUT2D eigenvalue weighted by atomic mass is 9.76. The predicted octanol–water partition coefficient (Wildman–Crippen LogP) is 12.8. The molecule has 2 aromatic heterocycles. The number of hydrogen-bond donors (Lipinski definition) is 0. The first-order valence-electron chi connectivity index (χ1n) is 21.9. The number of carbonyl (C=O) groups is 2. The van der Waals surface area contributed by atoms with E-state index in [0.29, 0.717) is 23.1 Å². The second-order valence-electron chi connectivity index (χ2n) is 19.6. The zero-order valence-electron chi connectivity index (χ0n) is 38.2. The first kappa shape index (κ1) is 50.0. The maximum Gasteiger partial charge on any atom is 0.494 e. The van der Waals surface area contributed by atoms with Gasteiger partial charge in [0.2, 0.25) is 0 Å². The van der Waals surface area contributed by atoms with Gasteiger partial charge in [-0.25, -0.2) is 9.97 Å². The molecule has 0 unspecified atom stereocenters. The van der Waals surface area contributed by atoms with Crippen molar-refractivity contribution in [3.8, 4) is 11.1 Å². The van der Waals surface area contributed by atoms with Crippen molar-refractivity contribution in [2.24, 2.45) is 0 Å². The number of carbonyl (C=O) groups excluding carboxylic acids is 2. The number of esters is 2. The molecule has 1 saturated heterocycles. The second-order valence-corrected chi connectivity index (χ2v) is 21.6. The molecule has 8 nitrogen and oxygen atoms in total. The van der Waals surface area contributed by atoms with Crippen molar-refractivity contribution in [3.63, 3.8) is 0 Å². The van der Waals surface area contributed by atoms with Crippen LogP contribution in [-0.4, -0.2) is 51.4 Å². The van der Waals surface area contributed by atoms with E-state index in [0.717, 1.165) is 71.5 Å². The molecule has 62 heavy (non-hydrogen) atoms. The minimum absolute atomic E-state index is 0.111. The molecular weight excluding hydrogens is 933 g/mol. The Morgan fingerprint density at radius 2 is 1.15 bits per heavy atom. The molecule has 3 aliphatic rings. The van der Waals surface area contributed by atoms with Crippen LogP contribution in [0.4, 0.5) is 0 Å². The fraction of sp³-hybridized carbons (Fsp3) is 0.520. The first-order chi connectivity index (χ1) is 29.0. The number of halogens is 3. The van der Waals surface area contributed by atoms with Gasteiger partial charge in [0.15, 0.2) is 0 Å². The third-order valence-corrected chi connectivity index (χ3v) is 12.7. The zero-order chi connectivity index (χ0) is 45.5. The van der Waals surface area contributed by atoms with Crippen LogP contribution in [0, 0.1) is 3.57 Å². The summed E-state index contributed by atoms with van der Waals surface area (Å²) in [6, 6.07) is 20.6. The van der Waals surface area contributed by atoms with E-state index in [-0.39, 0.29) is 42.1 Å². The predicted molar refractivity (Wildman–Crippen MR) is 260 cm³/mol. The molecule has 1 aliphatic heterocycles. The summed E-state index contributed by atoms with van der Waals surface area (Å²) in [5.74, 6) is 0.234. The van der Waals surface area contributed by atoms with Crippen molar-refractivity contribution < 1.29 is 28.4 Å². The van der Waals surface area contributed by atoms with E-state index in [1.54, 1.807) is 12.4 Å². The van der Waals surface area contributed by atoms with E-state index in [9.17, 15) is 9.59 Å². The Kier molecular flexibility index (Phi) is 17.2. The molecule has 4 aromatic rings. The lowest BCUT2D eigenvalue weighted by molar-refractivity contribution is -0.156. The smallest absolute Gasteiger partial charge is 0.460 e. The Bertz CT molecular complexity index is 2130. The van der Waals surface area contributed by atoms with Crippen LogP contribution in [0.25, 0.3) is 11.1 Å². The Hall–Kier alpha value is -3.03. The van der Waals surface area contributed by atoms with Crippen LogP contribution in [0.3, 0.4) is 0 Å². The van der Waals surface area contributed by atoms with Crippen molar-refractivity contribution in [1.82, 2.24) is 9.97 Å². The van der Waals surface area contributed by atoms with Gasteiger partial charge in [-0.3, -0.25) is 9.59 Å². The molecule has 0 bridgehead atoms. The fourth-order valence-corrected chi connectivity index (χ4v) is 9.03. The molecule has 7 rings (SSSR count). The molecule has 334 valence electrons. The molecule has 2 aliphatic carbocycles. The maximum atomic E-state index is 12.4. The van der Waals surface area contributed by atoms with Gasteiger partial charge in [-0.05, 0) is 205 Å². The van der Waals surface area contributed by atoms with Crippen molar-refractivity contribution in [3.05, 3.63) is 109 Å². The van der Waals surface area contributed by atoms with Crippen LogP contribution >= 0.6 is 45.8 Å². The van der Waals surface area contributed by atoms with Gasteiger partial charge in [0.25, 0.3) is 0 Å². The van der Waals surface area contributed by atoms with Crippen molar-refractivity contribution in [2.75, 3.05) is 0 Å². The number of fused-ring (bicyclic) bond motifs is 2. The molecule has 0 spiro atoms. The van der Waals surface area contributed by atoms with E-state index in [2.05, 4.69) is 96.7 Å². The Labute approximate surface area is 394 Å². The number of rotatable bonds is 6. The van der Waals surface area contributed by atoms with Gasteiger partial charge in [0.1, 0.15) is 21.5 Å². The first-order valence-corrected chi connectivity index (χ1v) is 23.8. The van der Waals surface area contributed by atoms with E-state index in [1.165, 1.54) is 22.3 Å². The summed E-state index contributed by atoms with van der Waals surface area (Å²) in [7, 11) is -0.345. The number of nitrogens with zero attached hydrogens (tertiary/aromatic N) is 2. The Balaban J connectivity index is 0.000000199. The van der Waals surface area contributed by atoms with Crippen LogP contribution in [0.1, 0.15) is 155 Å². The van der Waals surface area contributed by atoms with Crippen molar-refractivity contribution >= 4 is 70.3 Å². The third kappa shape index (κ3) is 14.8. The lowest BCUT2D eigenvalue weighted by Gasteiger charge is -2.32. The maximum absolute atomic E-state index is 12.4. The minimum atomic E-state index is -0.439. The van der Waals surface area contributed by atoms with Gasteiger partial charge >= 0.3 is 19.1 Å². The van der Waals surface area contributed by atoms with Crippen LogP contribution in [0.15, 0.2) is 73.1 Å². The lowest BCUT2D eigenvalue weighted by Crippen LogP contribution is -2.41. The molecule has 3 heterocycles. The Morgan fingerprint density at radius 1 is 0.677 bits per heavy atom. The number of hydrogen-bond acceptors (Lipinski definition) is 8. The molecule has 1 fully saturated rings. The van der Waals surface area contributed by atoms with Gasteiger partial charge in [0, 0.05) is 16.0 Å². The molecular formula is C50H64BCl2IN2O6. The van der Waals surface area contributed by atoms with Crippen molar-refractivity contribution in [1.29, 1.82) is 0 Å². The number of ether oxygens (including phenoxy) is 2.